The van der Waals surface area contributed by atoms with Crippen LogP contribution in [0.4, 0.5) is 0 Å². The quantitative estimate of drug-likeness (QED) is 0.647. The highest BCUT2D eigenvalue weighted by atomic mass is 16.1. The Balaban J connectivity index is 2.62. The summed E-state index contributed by atoms with van der Waals surface area (Å²) in [5, 5.41) is 0. The van der Waals surface area contributed by atoms with Crippen molar-refractivity contribution in [3.8, 4) is 0 Å². The standard InChI is InChI=1S/C12H18O2/c1-10(13)6-7-11(14)12(2)8-4-3-5-9-12/h6-7H,3-5,8-9H2,1-2H3. The fourth-order valence-corrected chi connectivity index (χ4v) is 1.97. The lowest BCUT2D eigenvalue weighted by Gasteiger charge is -2.30. The van der Waals surface area contributed by atoms with Gasteiger partial charge in [-0.2, -0.15) is 0 Å². The van der Waals surface area contributed by atoms with Crippen LogP contribution in [0.15, 0.2) is 12.2 Å². The second-order valence-electron chi connectivity index (χ2n) is 4.43. The first-order chi connectivity index (χ1) is 6.54. The lowest BCUT2D eigenvalue weighted by Crippen LogP contribution is -2.28. The smallest absolute Gasteiger partial charge is 0.161 e. The Morgan fingerprint density at radius 2 is 1.64 bits per heavy atom. The van der Waals surface area contributed by atoms with Crippen molar-refractivity contribution in [1.82, 2.24) is 0 Å². The van der Waals surface area contributed by atoms with Gasteiger partial charge in [0.25, 0.3) is 0 Å². The van der Waals surface area contributed by atoms with Crippen LogP contribution in [0.25, 0.3) is 0 Å². The Bertz CT molecular complexity index is 257. The van der Waals surface area contributed by atoms with E-state index >= 15 is 0 Å². The van der Waals surface area contributed by atoms with Crippen LogP contribution in [0.5, 0.6) is 0 Å². The van der Waals surface area contributed by atoms with Gasteiger partial charge in [0.2, 0.25) is 0 Å². The summed E-state index contributed by atoms with van der Waals surface area (Å²) in [6.07, 6.45) is 8.27. The molecule has 0 radical (unpaired) electrons. The summed E-state index contributed by atoms with van der Waals surface area (Å²) in [4.78, 5) is 22.5. The van der Waals surface area contributed by atoms with Crippen LogP contribution in [0.3, 0.4) is 0 Å². The molecule has 1 rings (SSSR count). The highest BCUT2D eigenvalue weighted by molar-refractivity contribution is 6.00. The minimum absolute atomic E-state index is 0.0576. The first-order valence-electron chi connectivity index (χ1n) is 5.28. The molecule has 0 saturated heterocycles. The van der Waals surface area contributed by atoms with Gasteiger partial charge in [0, 0.05) is 5.41 Å². The minimum Gasteiger partial charge on any atom is -0.295 e. The van der Waals surface area contributed by atoms with Crippen molar-refractivity contribution in [3.63, 3.8) is 0 Å². The molecule has 0 N–H and O–H groups in total. The van der Waals surface area contributed by atoms with Crippen molar-refractivity contribution in [2.75, 3.05) is 0 Å². The lowest BCUT2D eigenvalue weighted by atomic mass is 9.72. The van der Waals surface area contributed by atoms with Gasteiger partial charge in [0.1, 0.15) is 0 Å². The van der Waals surface area contributed by atoms with Gasteiger partial charge in [0.05, 0.1) is 0 Å². The summed E-state index contributed by atoms with van der Waals surface area (Å²) in [7, 11) is 0. The van der Waals surface area contributed by atoms with Gasteiger partial charge < -0.3 is 0 Å². The Hall–Kier alpha value is -0.920. The molecular weight excluding hydrogens is 176 g/mol. The average Bonchev–Trinajstić information content (AvgIpc) is 2.15. The van der Waals surface area contributed by atoms with E-state index in [0.717, 1.165) is 25.7 Å². The molecule has 2 nitrogen and oxygen atoms in total. The number of hydrogen-bond donors (Lipinski definition) is 0. The van der Waals surface area contributed by atoms with E-state index in [9.17, 15) is 9.59 Å². The van der Waals surface area contributed by atoms with Crippen LogP contribution < -0.4 is 0 Å². The van der Waals surface area contributed by atoms with Gasteiger partial charge >= 0.3 is 0 Å². The molecule has 1 aliphatic carbocycles. The zero-order valence-corrected chi connectivity index (χ0v) is 9.01. The first-order valence-corrected chi connectivity index (χ1v) is 5.28. The second kappa shape index (κ2) is 4.54. The zero-order valence-electron chi connectivity index (χ0n) is 9.01. The summed E-state index contributed by atoms with van der Waals surface area (Å²) < 4.78 is 0. The zero-order chi connectivity index (χ0) is 10.6. The van der Waals surface area contributed by atoms with Gasteiger partial charge in [-0.05, 0) is 31.9 Å². The van der Waals surface area contributed by atoms with Crippen LogP contribution in [0.2, 0.25) is 0 Å². The number of allylic oxidation sites excluding steroid dienone is 2. The summed E-state index contributed by atoms with van der Waals surface area (Å²) in [6.45, 7) is 3.48. The van der Waals surface area contributed by atoms with E-state index in [4.69, 9.17) is 0 Å². The monoisotopic (exact) mass is 194 g/mol. The molecule has 0 aromatic heterocycles. The normalized spacial score (nSPS) is 21.0. The van der Waals surface area contributed by atoms with E-state index < -0.39 is 0 Å². The van der Waals surface area contributed by atoms with Crippen LogP contribution in [0, 0.1) is 5.41 Å². The highest BCUT2D eigenvalue weighted by Gasteiger charge is 2.32. The molecule has 1 saturated carbocycles. The Kier molecular flexibility index (Phi) is 3.62. The van der Waals surface area contributed by atoms with Gasteiger partial charge in [-0.25, -0.2) is 0 Å². The second-order valence-corrected chi connectivity index (χ2v) is 4.43. The molecule has 1 aliphatic rings. The molecule has 0 aromatic carbocycles. The third-order valence-electron chi connectivity index (χ3n) is 3.02. The summed E-state index contributed by atoms with van der Waals surface area (Å²) in [6, 6.07) is 0. The Morgan fingerprint density at radius 1 is 1.07 bits per heavy atom. The number of carbonyl (C=O) groups excluding carboxylic acids is 2. The molecule has 78 valence electrons. The Labute approximate surface area is 85.4 Å². The van der Waals surface area contributed by atoms with E-state index in [-0.39, 0.29) is 17.0 Å². The van der Waals surface area contributed by atoms with Crippen LogP contribution in [-0.2, 0) is 9.59 Å². The van der Waals surface area contributed by atoms with E-state index in [1.807, 2.05) is 6.92 Å². The van der Waals surface area contributed by atoms with Crippen molar-refractivity contribution < 1.29 is 9.59 Å². The maximum Gasteiger partial charge on any atom is 0.161 e. The third-order valence-corrected chi connectivity index (χ3v) is 3.02. The number of ketones is 2. The molecule has 0 bridgehead atoms. The van der Waals surface area contributed by atoms with Gasteiger partial charge in [-0.1, -0.05) is 26.2 Å². The molecule has 0 unspecified atom stereocenters. The topological polar surface area (TPSA) is 34.1 Å². The highest BCUT2D eigenvalue weighted by Crippen LogP contribution is 2.36. The van der Waals surface area contributed by atoms with E-state index in [0.29, 0.717) is 0 Å². The van der Waals surface area contributed by atoms with Gasteiger partial charge in [-0.3, -0.25) is 9.59 Å². The van der Waals surface area contributed by atoms with Crippen LogP contribution in [-0.4, -0.2) is 11.6 Å². The maximum atomic E-state index is 11.8. The van der Waals surface area contributed by atoms with E-state index in [1.165, 1.54) is 25.5 Å². The molecule has 0 amide bonds. The average molecular weight is 194 g/mol. The first kappa shape index (κ1) is 11.2. The summed E-state index contributed by atoms with van der Waals surface area (Å²) in [5.41, 5.74) is -0.204. The Morgan fingerprint density at radius 3 is 2.14 bits per heavy atom. The largest absolute Gasteiger partial charge is 0.295 e. The predicted molar refractivity (Wildman–Crippen MR) is 56.0 cm³/mol. The van der Waals surface area contributed by atoms with Crippen molar-refractivity contribution in [2.24, 2.45) is 5.41 Å². The van der Waals surface area contributed by atoms with Crippen molar-refractivity contribution in [3.05, 3.63) is 12.2 Å². The number of rotatable bonds is 3. The summed E-state index contributed by atoms with van der Waals surface area (Å²) in [5.74, 6) is 0.0603. The SMILES string of the molecule is CC(=O)C=CC(=O)C1(C)CCCCC1. The van der Waals surface area contributed by atoms with Crippen molar-refractivity contribution in [1.29, 1.82) is 0 Å². The van der Waals surface area contributed by atoms with Crippen molar-refractivity contribution in [2.45, 2.75) is 46.0 Å². The maximum absolute atomic E-state index is 11.8. The minimum atomic E-state index is -0.204. The molecule has 0 aliphatic heterocycles. The van der Waals surface area contributed by atoms with E-state index in [2.05, 4.69) is 0 Å². The van der Waals surface area contributed by atoms with Gasteiger partial charge in [-0.15, -0.1) is 0 Å². The predicted octanol–water partition coefficient (Wildman–Crippen LogP) is 2.67. The van der Waals surface area contributed by atoms with Crippen LogP contribution in [0.1, 0.15) is 46.0 Å². The van der Waals surface area contributed by atoms with Crippen LogP contribution >= 0.6 is 0 Å². The number of carbonyl (C=O) groups is 2. The number of hydrogen-bond acceptors (Lipinski definition) is 2. The molecule has 14 heavy (non-hydrogen) atoms. The van der Waals surface area contributed by atoms with Crippen molar-refractivity contribution >= 4 is 11.6 Å². The molecule has 2 heteroatoms. The summed E-state index contributed by atoms with van der Waals surface area (Å²) >= 11 is 0. The fourth-order valence-electron chi connectivity index (χ4n) is 1.97. The molecule has 1 fully saturated rings. The molecule has 0 aromatic rings. The molecular formula is C12H18O2. The van der Waals surface area contributed by atoms with Gasteiger partial charge in [0.15, 0.2) is 11.6 Å². The molecule has 0 heterocycles. The van der Waals surface area contributed by atoms with E-state index in [1.54, 1.807) is 0 Å². The lowest BCUT2D eigenvalue weighted by molar-refractivity contribution is -0.124. The third kappa shape index (κ3) is 2.79. The molecule has 0 spiro atoms. The fraction of sp³-hybridized carbons (Fsp3) is 0.667. The molecule has 0 atom stereocenters.